The molecule has 1 unspecified atom stereocenters. The van der Waals surface area contributed by atoms with Crippen LogP contribution in [0.25, 0.3) is 0 Å². The van der Waals surface area contributed by atoms with E-state index in [1.807, 2.05) is 0 Å². The fraction of sp³-hybridized carbons (Fsp3) is 0.500. The first kappa shape index (κ1) is 12.8. The zero-order valence-electron chi connectivity index (χ0n) is 10.1. The maximum Gasteiger partial charge on any atom is 0.346 e. The van der Waals surface area contributed by atoms with Gasteiger partial charge in [0.2, 0.25) is 0 Å². The monoisotopic (exact) mass is 271 g/mol. The molecule has 0 fully saturated rings. The number of halogens is 1. The van der Waals surface area contributed by atoms with Gasteiger partial charge >= 0.3 is 6.03 Å². The number of amidine groups is 1. The number of urea groups is 1. The van der Waals surface area contributed by atoms with Crippen LogP contribution in [0.2, 0.25) is 5.15 Å². The van der Waals surface area contributed by atoms with E-state index in [0.717, 1.165) is 0 Å². The van der Waals surface area contributed by atoms with Gasteiger partial charge in [0.25, 0.3) is 0 Å². The Bertz CT molecular complexity index is 498. The molecule has 2 rings (SSSR count). The summed E-state index contributed by atoms with van der Waals surface area (Å²) in [6.45, 7) is 0.803. The molecule has 0 radical (unpaired) electrons. The van der Waals surface area contributed by atoms with Crippen LogP contribution in [0.5, 0.6) is 0 Å². The third-order valence-corrected chi connectivity index (χ3v) is 3.16. The van der Waals surface area contributed by atoms with Crippen molar-refractivity contribution in [3.63, 3.8) is 0 Å². The number of nitrogens with zero attached hydrogens (tertiary/aromatic N) is 4. The van der Waals surface area contributed by atoms with Gasteiger partial charge in [-0.2, -0.15) is 4.99 Å². The number of carbonyl (C=O) groups is 1. The van der Waals surface area contributed by atoms with Gasteiger partial charge in [0.1, 0.15) is 22.9 Å². The summed E-state index contributed by atoms with van der Waals surface area (Å²) in [5.74, 6) is 0.810. The molecule has 8 heteroatoms. The first-order chi connectivity index (χ1) is 8.56. The lowest BCUT2D eigenvalue weighted by atomic mass is 10.2. The van der Waals surface area contributed by atoms with Crippen molar-refractivity contribution in [1.82, 2.24) is 14.5 Å². The molecule has 0 aromatic carbocycles. The number of methoxy groups -OCH3 is 1. The van der Waals surface area contributed by atoms with Crippen molar-refractivity contribution in [1.29, 1.82) is 0 Å². The van der Waals surface area contributed by atoms with Gasteiger partial charge in [0.15, 0.2) is 0 Å². The Morgan fingerprint density at radius 2 is 2.33 bits per heavy atom. The number of amides is 2. The van der Waals surface area contributed by atoms with Gasteiger partial charge < -0.3 is 19.9 Å². The molecule has 18 heavy (non-hydrogen) atoms. The second kappa shape index (κ2) is 4.95. The summed E-state index contributed by atoms with van der Waals surface area (Å²) in [5.41, 5.74) is 5.79. The van der Waals surface area contributed by atoms with Gasteiger partial charge in [-0.25, -0.2) is 9.78 Å². The van der Waals surface area contributed by atoms with E-state index >= 15 is 0 Å². The zero-order chi connectivity index (χ0) is 13.3. The molecular weight excluding hydrogens is 258 g/mol. The van der Waals surface area contributed by atoms with E-state index in [-0.39, 0.29) is 11.9 Å². The second-order valence-corrected chi connectivity index (χ2v) is 4.29. The lowest BCUT2D eigenvalue weighted by Gasteiger charge is -2.23. The van der Waals surface area contributed by atoms with Crippen molar-refractivity contribution in [2.24, 2.45) is 17.8 Å². The lowest BCUT2D eigenvalue weighted by Crippen LogP contribution is -2.37. The molecule has 2 heterocycles. The number of aromatic nitrogens is 2. The highest BCUT2D eigenvalue weighted by Crippen LogP contribution is 2.26. The Morgan fingerprint density at radius 3 is 2.89 bits per heavy atom. The van der Waals surface area contributed by atoms with Gasteiger partial charge in [-0.15, -0.1) is 0 Å². The number of nitrogens with two attached hydrogens (primary N) is 1. The van der Waals surface area contributed by atoms with E-state index in [4.69, 9.17) is 22.1 Å². The maximum atomic E-state index is 11.7. The van der Waals surface area contributed by atoms with Crippen molar-refractivity contribution in [2.75, 3.05) is 20.3 Å². The number of hydrogen-bond acceptors (Lipinski definition) is 4. The quantitative estimate of drug-likeness (QED) is 0.867. The molecule has 1 aliphatic heterocycles. The Hall–Kier alpha value is -1.60. The van der Waals surface area contributed by atoms with Crippen LogP contribution in [0, 0.1) is 0 Å². The third-order valence-electron chi connectivity index (χ3n) is 2.81. The van der Waals surface area contributed by atoms with E-state index in [9.17, 15) is 4.79 Å². The summed E-state index contributed by atoms with van der Waals surface area (Å²) < 4.78 is 6.64. The summed E-state index contributed by atoms with van der Waals surface area (Å²) >= 11 is 5.94. The minimum Gasteiger partial charge on any atom is -0.385 e. The van der Waals surface area contributed by atoms with Gasteiger partial charge in [-0.1, -0.05) is 11.6 Å². The highest BCUT2D eigenvalue weighted by Gasteiger charge is 2.37. The predicted molar refractivity (Wildman–Crippen MR) is 66.6 cm³/mol. The molecule has 98 valence electrons. The summed E-state index contributed by atoms with van der Waals surface area (Å²) in [6.07, 6.45) is 1.52. The minimum absolute atomic E-state index is 0.224. The van der Waals surface area contributed by atoms with Crippen LogP contribution in [0.1, 0.15) is 11.9 Å². The fourth-order valence-electron chi connectivity index (χ4n) is 1.85. The first-order valence-corrected chi connectivity index (χ1v) is 5.74. The van der Waals surface area contributed by atoms with E-state index in [1.165, 1.54) is 11.1 Å². The van der Waals surface area contributed by atoms with Crippen LogP contribution < -0.4 is 5.73 Å². The molecule has 0 bridgehead atoms. The number of hydrogen-bond donors (Lipinski definition) is 1. The summed E-state index contributed by atoms with van der Waals surface area (Å²) in [7, 11) is 3.33. The van der Waals surface area contributed by atoms with Crippen molar-refractivity contribution in [2.45, 2.75) is 6.04 Å². The Morgan fingerprint density at radius 1 is 1.61 bits per heavy atom. The molecule has 2 N–H and O–H groups in total. The molecule has 0 spiro atoms. The number of imidazole rings is 1. The zero-order valence-corrected chi connectivity index (χ0v) is 10.9. The number of aliphatic imine (C=N–C) groups is 1. The SMILES string of the molecule is COCCN1C(=O)N=C(N)C1c1ncc(Cl)n1C. The fourth-order valence-corrected chi connectivity index (χ4v) is 1.98. The van der Waals surface area contributed by atoms with E-state index in [1.54, 1.807) is 18.7 Å². The molecule has 0 saturated heterocycles. The average Bonchev–Trinajstić information content (AvgIpc) is 2.78. The van der Waals surface area contributed by atoms with Crippen LogP contribution >= 0.6 is 11.6 Å². The van der Waals surface area contributed by atoms with Crippen LogP contribution in [0.3, 0.4) is 0 Å². The summed E-state index contributed by atoms with van der Waals surface area (Å²) in [4.78, 5) is 21.2. The highest BCUT2D eigenvalue weighted by atomic mass is 35.5. The summed E-state index contributed by atoms with van der Waals surface area (Å²) in [6, 6.07) is -0.862. The molecule has 7 nitrogen and oxygen atoms in total. The molecular formula is C10H14ClN5O2. The smallest absolute Gasteiger partial charge is 0.346 e. The number of carbonyl (C=O) groups excluding carboxylic acids is 1. The largest absolute Gasteiger partial charge is 0.385 e. The van der Waals surface area contributed by atoms with Crippen LogP contribution in [-0.2, 0) is 11.8 Å². The third kappa shape index (κ3) is 2.06. The molecule has 1 aromatic heterocycles. The van der Waals surface area contributed by atoms with E-state index in [0.29, 0.717) is 24.1 Å². The number of ether oxygens (including phenoxy) is 1. The minimum atomic E-state index is -0.481. The molecule has 1 atom stereocenters. The van der Waals surface area contributed by atoms with E-state index in [2.05, 4.69) is 9.98 Å². The van der Waals surface area contributed by atoms with E-state index < -0.39 is 6.04 Å². The Kier molecular flexibility index (Phi) is 3.53. The van der Waals surface area contributed by atoms with Crippen molar-refractivity contribution in [3.05, 3.63) is 17.2 Å². The normalized spacial score (nSPS) is 19.5. The van der Waals surface area contributed by atoms with Crippen molar-refractivity contribution in [3.8, 4) is 0 Å². The Balaban J connectivity index is 2.31. The maximum absolute atomic E-state index is 11.7. The van der Waals surface area contributed by atoms with Gasteiger partial charge in [0.05, 0.1) is 12.8 Å². The number of rotatable bonds is 4. The first-order valence-electron chi connectivity index (χ1n) is 5.37. The van der Waals surface area contributed by atoms with Crippen molar-refractivity contribution < 1.29 is 9.53 Å². The van der Waals surface area contributed by atoms with Crippen LogP contribution in [0.15, 0.2) is 11.2 Å². The van der Waals surface area contributed by atoms with Gasteiger partial charge in [-0.05, 0) is 0 Å². The molecule has 1 aliphatic rings. The van der Waals surface area contributed by atoms with Crippen LogP contribution in [-0.4, -0.2) is 46.6 Å². The molecule has 0 aliphatic carbocycles. The lowest BCUT2D eigenvalue weighted by molar-refractivity contribution is 0.148. The molecule has 2 amide bonds. The standard InChI is InChI=1S/C10H14ClN5O2/c1-15-6(11)5-13-9(15)7-8(12)14-10(17)16(7)3-4-18-2/h5,7H,3-4H2,1-2H3,(H2,12,14,17). The Labute approximate surface area is 109 Å². The second-order valence-electron chi connectivity index (χ2n) is 3.91. The molecule has 1 aromatic rings. The predicted octanol–water partition coefficient (Wildman–Crippen LogP) is 0.554. The van der Waals surface area contributed by atoms with Gasteiger partial charge in [-0.3, -0.25) is 0 Å². The van der Waals surface area contributed by atoms with Crippen LogP contribution in [0.4, 0.5) is 4.79 Å². The van der Waals surface area contributed by atoms with Gasteiger partial charge in [0, 0.05) is 20.7 Å². The highest BCUT2D eigenvalue weighted by molar-refractivity contribution is 6.29. The average molecular weight is 272 g/mol. The van der Waals surface area contributed by atoms with Crippen molar-refractivity contribution >= 4 is 23.5 Å². The molecule has 0 saturated carbocycles. The topological polar surface area (TPSA) is 85.7 Å². The summed E-state index contributed by atoms with van der Waals surface area (Å²) in [5, 5.41) is 0.476.